The van der Waals surface area contributed by atoms with Crippen molar-refractivity contribution in [2.24, 2.45) is 0 Å². The fraction of sp³-hybridized carbons (Fsp3) is 0.130. The van der Waals surface area contributed by atoms with E-state index in [1.54, 1.807) is 0 Å². The van der Waals surface area contributed by atoms with Crippen molar-refractivity contribution in [1.29, 1.82) is 0 Å². The first-order valence-corrected chi connectivity index (χ1v) is 19.2. The average molecular weight is 731 g/mol. The van der Waals surface area contributed by atoms with Crippen molar-refractivity contribution in [2.45, 2.75) is 24.0 Å². The number of hydrogen-bond donors (Lipinski definition) is 4. The molecule has 0 spiro atoms. The zero-order valence-electron chi connectivity index (χ0n) is 30.5. The minimum atomic E-state index is -1.23. The smallest absolute Gasteiger partial charge is 0.173 e. The van der Waals surface area contributed by atoms with E-state index < -0.39 is 11.2 Å². The first kappa shape index (κ1) is 32.4. The average Bonchev–Trinajstić information content (AvgIpc) is 4.11. The number of nitrogens with one attached hydrogen (secondary N) is 4. The van der Waals surface area contributed by atoms with Gasteiger partial charge in [-0.3, -0.25) is 20.0 Å². The number of anilines is 1. The van der Waals surface area contributed by atoms with E-state index in [1.807, 2.05) is 43.0 Å². The number of rotatable bonds is 7. The fourth-order valence-electron chi connectivity index (χ4n) is 9.30. The Morgan fingerprint density at radius 1 is 0.661 bits per heavy atom. The highest BCUT2D eigenvalue weighted by Crippen LogP contribution is 2.60. The van der Waals surface area contributed by atoms with Gasteiger partial charge in [0.1, 0.15) is 5.82 Å². The summed E-state index contributed by atoms with van der Waals surface area (Å²) in [4.78, 5) is 28.8. The van der Waals surface area contributed by atoms with E-state index in [0.717, 1.165) is 104 Å². The molecular weight excluding hydrogens is 693 g/mol. The standard InChI is InChI=1S/C46H38N10/c1-4-15-34-31(12-1)22-26-49-44(34)45(39-23-27-50-54-39)46(55-28-9-10-29-55,40-21-20-32-13-2-5-16-35(32)51-40)53-42(37-19-11-25-47-37)43(38-18-7-8-24-48-38)56(45)41-30-33-14-3-6-17-36(33)52-41/h1-8,11-27,30,47,52-53H,9-10,28-29H2,(H,50,54). The van der Waals surface area contributed by atoms with E-state index in [1.165, 1.54) is 0 Å². The first-order chi connectivity index (χ1) is 27.8. The van der Waals surface area contributed by atoms with Crippen molar-refractivity contribution in [3.8, 4) is 0 Å². The van der Waals surface area contributed by atoms with Gasteiger partial charge in [0, 0.05) is 59.6 Å². The minimum Gasteiger partial charge on any atom is -0.360 e. The molecule has 56 heavy (non-hydrogen) atoms. The molecule has 10 heteroatoms. The van der Waals surface area contributed by atoms with Crippen LogP contribution in [0.4, 0.5) is 5.82 Å². The van der Waals surface area contributed by atoms with Gasteiger partial charge in [0.15, 0.2) is 11.2 Å². The molecule has 0 bridgehead atoms. The molecule has 272 valence electrons. The van der Waals surface area contributed by atoms with Crippen molar-refractivity contribution in [3.63, 3.8) is 0 Å². The van der Waals surface area contributed by atoms with Crippen LogP contribution in [0.15, 0.2) is 158 Å². The van der Waals surface area contributed by atoms with Crippen LogP contribution in [0.2, 0.25) is 0 Å². The Hall–Kier alpha value is -7.04. The summed E-state index contributed by atoms with van der Waals surface area (Å²) in [6, 6.07) is 46.4. The Kier molecular flexibility index (Phi) is 7.39. The summed E-state index contributed by atoms with van der Waals surface area (Å²) in [6.07, 6.45) is 9.67. The van der Waals surface area contributed by atoms with E-state index in [9.17, 15) is 0 Å². The van der Waals surface area contributed by atoms with Crippen LogP contribution < -0.4 is 10.2 Å². The highest BCUT2D eigenvalue weighted by atomic mass is 15.5. The molecule has 8 heterocycles. The Labute approximate surface area is 323 Å². The maximum atomic E-state index is 5.66. The van der Waals surface area contributed by atoms with Crippen LogP contribution in [0.3, 0.4) is 0 Å². The molecule has 2 aliphatic heterocycles. The SMILES string of the molecule is c1ccc(C2=C(c3ccc[nH]3)NC(c3ccc4ccccc4n3)(N3CCCC3)C(c3ccn[nH]3)(c3nccc4ccccc34)N2c2cc3ccccc3[nH]2)nc1. The second-order valence-corrected chi connectivity index (χ2v) is 14.6. The third kappa shape index (κ3) is 4.66. The summed E-state index contributed by atoms with van der Waals surface area (Å²) < 4.78 is 0. The fourth-order valence-corrected chi connectivity index (χ4v) is 9.30. The maximum Gasteiger partial charge on any atom is 0.173 e. The third-order valence-electron chi connectivity index (χ3n) is 11.6. The van der Waals surface area contributed by atoms with Crippen LogP contribution in [0.1, 0.15) is 41.3 Å². The van der Waals surface area contributed by atoms with Gasteiger partial charge < -0.3 is 20.2 Å². The van der Waals surface area contributed by atoms with Crippen LogP contribution in [0.5, 0.6) is 0 Å². The molecule has 0 radical (unpaired) electrons. The molecule has 2 atom stereocenters. The number of H-pyrrole nitrogens is 3. The molecule has 1 saturated heterocycles. The molecule has 3 aromatic carbocycles. The second-order valence-electron chi connectivity index (χ2n) is 14.6. The first-order valence-electron chi connectivity index (χ1n) is 19.2. The Balaban J connectivity index is 1.41. The van der Waals surface area contributed by atoms with Gasteiger partial charge in [-0.05, 0) is 78.9 Å². The lowest BCUT2D eigenvalue weighted by Gasteiger charge is -2.62. The molecular formula is C46H38N10. The molecule has 11 rings (SSSR count). The number of aromatic nitrogens is 7. The molecule has 0 amide bonds. The largest absolute Gasteiger partial charge is 0.360 e. The van der Waals surface area contributed by atoms with E-state index in [0.29, 0.717) is 0 Å². The molecule has 2 aliphatic rings. The zero-order chi connectivity index (χ0) is 37.1. The van der Waals surface area contributed by atoms with Crippen molar-refractivity contribution in [3.05, 3.63) is 187 Å². The van der Waals surface area contributed by atoms with Gasteiger partial charge in [-0.25, -0.2) is 4.98 Å². The Morgan fingerprint density at radius 2 is 1.48 bits per heavy atom. The zero-order valence-corrected chi connectivity index (χ0v) is 30.5. The number of aromatic amines is 3. The Bertz CT molecular complexity index is 2840. The predicted molar refractivity (Wildman–Crippen MR) is 221 cm³/mol. The van der Waals surface area contributed by atoms with E-state index in [-0.39, 0.29) is 0 Å². The van der Waals surface area contributed by atoms with Crippen LogP contribution >= 0.6 is 0 Å². The molecule has 0 aliphatic carbocycles. The minimum absolute atomic E-state index is 0.786. The molecule has 4 N–H and O–H groups in total. The monoisotopic (exact) mass is 730 g/mol. The van der Waals surface area contributed by atoms with Gasteiger partial charge in [0.2, 0.25) is 0 Å². The summed E-state index contributed by atoms with van der Waals surface area (Å²) in [7, 11) is 0. The van der Waals surface area contributed by atoms with Crippen LogP contribution in [0.25, 0.3) is 44.0 Å². The molecule has 6 aromatic heterocycles. The van der Waals surface area contributed by atoms with Gasteiger partial charge in [-0.15, -0.1) is 0 Å². The molecule has 9 aromatic rings. The van der Waals surface area contributed by atoms with E-state index >= 15 is 0 Å². The van der Waals surface area contributed by atoms with Gasteiger partial charge in [0.05, 0.1) is 45.4 Å². The van der Waals surface area contributed by atoms with Crippen LogP contribution in [0, 0.1) is 0 Å². The van der Waals surface area contributed by atoms with Gasteiger partial charge in [-0.2, -0.15) is 5.10 Å². The molecule has 2 unspecified atom stereocenters. The quantitative estimate of drug-likeness (QED) is 0.130. The number of nitrogens with zero attached hydrogens (tertiary/aromatic N) is 6. The number of likely N-dealkylation sites (tertiary alicyclic amines) is 1. The normalized spacial score (nSPS) is 20.3. The summed E-state index contributed by atoms with van der Waals surface area (Å²) in [5, 5.41) is 16.9. The topological polar surface area (TPSA) is 117 Å². The van der Waals surface area contributed by atoms with Gasteiger partial charge >= 0.3 is 0 Å². The number of fused-ring (bicyclic) bond motifs is 3. The van der Waals surface area contributed by atoms with E-state index in [4.69, 9.17) is 20.1 Å². The number of benzene rings is 3. The lowest BCUT2D eigenvalue weighted by molar-refractivity contribution is 0.0148. The van der Waals surface area contributed by atoms with Gasteiger partial charge in [0.25, 0.3) is 0 Å². The molecule has 0 saturated carbocycles. The summed E-state index contributed by atoms with van der Waals surface area (Å²) >= 11 is 0. The number of hydrogen-bond acceptors (Lipinski definition) is 7. The molecule has 1 fully saturated rings. The lowest BCUT2D eigenvalue weighted by Crippen LogP contribution is -2.75. The maximum absolute atomic E-state index is 5.66. The summed E-state index contributed by atoms with van der Waals surface area (Å²) in [5.41, 5.74) is 5.56. The third-order valence-corrected chi connectivity index (χ3v) is 11.6. The highest BCUT2D eigenvalue weighted by molar-refractivity contribution is 6.01. The second kappa shape index (κ2) is 12.8. The van der Waals surface area contributed by atoms with Gasteiger partial charge in [-0.1, -0.05) is 72.8 Å². The number of para-hydroxylation sites is 2. The summed E-state index contributed by atoms with van der Waals surface area (Å²) in [5.74, 6) is 0.867. The molecule has 10 nitrogen and oxygen atoms in total. The van der Waals surface area contributed by atoms with Crippen molar-refractivity contribution in [1.82, 2.24) is 45.3 Å². The van der Waals surface area contributed by atoms with Crippen molar-refractivity contribution in [2.75, 3.05) is 18.0 Å². The Morgan fingerprint density at radius 3 is 2.29 bits per heavy atom. The van der Waals surface area contributed by atoms with Crippen LogP contribution in [-0.2, 0) is 11.2 Å². The highest BCUT2D eigenvalue weighted by Gasteiger charge is 2.69. The number of pyridine rings is 3. The lowest BCUT2D eigenvalue weighted by atomic mass is 9.69. The van der Waals surface area contributed by atoms with E-state index in [2.05, 4.69) is 145 Å². The summed E-state index contributed by atoms with van der Waals surface area (Å²) in [6.45, 7) is 1.64. The predicted octanol–water partition coefficient (Wildman–Crippen LogP) is 8.54. The van der Waals surface area contributed by atoms with Crippen molar-refractivity contribution < 1.29 is 0 Å². The van der Waals surface area contributed by atoms with Crippen LogP contribution in [-0.4, -0.2) is 53.1 Å². The van der Waals surface area contributed by atoms with Crippen molar-refractivity contribution >= 4 is 49.8 Å².